The van der Waals surface area contributed by atoms with E-state index in [1.165, 1.54) is 12.4 Å². The molecule has 0 fully saturated rings. The molecule has 0 aliphatic heterocycles. The number of thioether (sulfide) groups is 1. The normalized spacial score (nSPS) is 10.2. The van der Waals surface area contributed by atoms with Gasteiger partial charge in [-0.1, -0.05) is 6.07 Å². The van der Waals surface area contributed by atoms with E-state index in [4.69, 9.17) is 4.74 Å². The van der Waals surface area contributed by atoms with Crippen LogP contribution in [0, 0.1) is 0 Å². The summed E-state index contributed by atoms with van der Waals surface area (Å²) >= 11 is 1.13. The Morgan fingerprint density at radius 3 is 2.83 bits per heavy atom. The van der Waals surface area contributed by atoms with Crippen LogP contribution in [0.25, 0.3) is 0 Å². The number of esters is 1. The molecule has 2 aromatic rings. The molecule has 3 N–H and O–H groups in total. The van der Waals surface area contributed by atoms with Crippen LogP contribution in [0.3, 0.4) is 0 Å². The summed E-state index contributed by atoms with van der Waals surface area (Å²) in [4.78, 5) is 53.8. The summed E-state index contributed by atoms with van der Waals surface area (Å²) in [5.74, 6) is -0.525. The first-order valence-corrected chi connectivity index (χ1v) is 7.95. The van der Waals surface area contributed by atoms with Crippen molar-refractivity contribution in [3.63, 3.8) is 0 Å². The zero-order valence-corrected chi connectivity index (χ0v) is 13.2. The number of anilines is 1. The molecule has 126 valence electrons. The van der Waals surface area contributed by atoms with Crippen LogP contribution in [-0.2, 0) is 20.1 Å². The van der Waals surface area contributed by atoms with Crippen molar-refractivity contribution in [3.05, 3.63) is 57.0 Å². The molecule has 2 heterocycles. The van der Waals surface area contributed by atoms with E-state index in [-0.39, 0.29) is 11.5 Å². The number of carbonyl (C=O) groups is 2. The summed E-state index contributed by atoms with van der Waals surface area (Å²) in [7, 11) is 0. The number of nitrogens with one attached hydrogen (secondary N) is 3. The van der Waals surface area contributed by atoms with Crippen LogP contribution in [-0.4, -0.2) is 39.2 Å². The first-order chi connectivity index (χ1) is 11.5. The summed E-state index contributed by atoms with van der Waals surface area (Å²) in [5, 5.41) is 2.48. The first-order valence-electron chi connectivity index (χ1n) is 6.80. The highest BCUT2D eigenvalue weighted by molar-refractivity contribution is 7.99. The molecule has 0 atom stereocenters. The summed E-state index contributed by atoms with van der Waals surface area (Å²) in [6.07, 6.45) is 2.82. The maximum atomic E-state index is 11.6. The molecule has 0 radical (unpaired) electrons. The summed E-state index contributed by atoms with van der Waals surface area (Å²) < 4.78 is 4.82. The van der Waals surface area contributed by atoms with Gasteiger partial charge < -0.3 is 15.0 Å². The topological polar surface area (TPSA) is 134 Å². The maximum absolute atomic E-state index is 11.6. The van der Waals surface area contributed by atoms with Crippen molar-refractivity contribution in [2.75, 3.05) is 17.7 Å². The molecule has 10 heteroatoms. The number of rotatable bonds is 7. The molecule has 0 saturated carbocycles. The monoisotopic (exact) mass is 350 g/mol. The Bertz CT molecular complexity index is 818. The van der Waals surface area contributed by atoms with E-state index in [0.717, 1.165) is 11.8 Å². The molecule has 9 nitrogen and oxygen atoms in total. The number of H-pyrrole nitrogens is 2. The molecule has 0 aromatic carbocycles. The van der Waals surface area contributed by atoms with Gasteiger partial charge in [-0.2, -0.15) is 0 Å². The Hall–Kier alpha value is -2.88. The van der Waals surface area contributed by atoms with Crippen LogP contribution in [0.1, 0.15) is 5.56 Å². The van der Waals surface area contributed by atoms with Gasteiger partial charge in [-0.25, -0.2) is 9.78 Å². The van der Waals surface area contributed by atoms with Crippen LogP contribution in [0.5, 0.6) is 0 Å². The van der Waals surface area contributed by atoms with E-state index in [0.29, 0.717) is 11.4 Å². The fourth-order valence-electron chi connectivity index (χ4n) is 1.59. The van der Waals surface area contributed by atoms with Gasteiger partial charge in [-0.3, -0.25) is 19.4 Å². The summed E-state index contributed by atoms with van der Waals surface area (Å²) in [6, 6.07) is 5.03. The fourth-order valence-corrected chi connectivity index (χ4v) is 2.38. The SMILES string of the molecule is O=C(COC(=O)CSCc1c[nH]c(=O)[nH]c1=O)Nc1ccccn1. The van der Waals surface area contributed by atoms with Crippen LogP contribution >= 0.6 is 11.8 Å². The number of hydrogen-bond donors (Lipinski definition) is 3. The Labute approximate surface area is 139 Å². The second kappa shape index (κ2) is 8.67. The van der Waals surface area contributed by atoms with Gasteiger partial charge in [0.2, 0.25) is 0 Å². The average Bonchev–Trinajstić information content (AvgIpc) is 2.56. The molecule has 0 aliphatic rings. The van der Waals surface area contributed by atoms with Gasteiger partial charge in [-0.05, 0) is 12.1 Å². The number of hydrogen-bond acceptors (Lipinski definition) is 7. The molecular formula is C14H14N4O5S. The Kier molecular flexibility index (Phi) is 6.32. The van der Waals surface area contributed by atoms with Crippen molar-refractivity contribution >= 4 is 29.5 Å². The van der Waals surface area contributed by atoms with E-state index in [2.05, 4.69) is 20.3 Å². The Morgan fingerprint density at radius 2 is 2.12 bits per heavy atom. The zero-order valence-electron chi connectivity index (χ0n) is 12.4. The number of amides is 1. The lowest BCUT2D eigenvalue weighted by molar-refractivity contribution is -0.144. The third-order valence-electron chi connectivity index (χ3n) is 2.67. The third kappa shape index (κ3) is 5.72. The number of carbonyl (C=O) groups excluding carboxylic acids is 2. The Morgan fingerprint density at radius 1 is 1.29 bits per heavy atom. The van der Waals surface area contributed by atoms with Crippen molar-refractivity contribution < 1.29 is 14.3 Å². The largest absolute Gasteiger partial charge is 0.455 e. The molecule has 0 spiro atoms. The predicted octanol–water partition coefficient (Wildman–Crippen LogP) is -0.127. The van der Waals surface area contributed by atoms with Gasteiger partial charge in [0.1, 0.15) is 5.82 Å². The molecule has 1 amide bonds. The molecule has 0 bridgehead atoms. The molecule has 0 saturated heterocycles. The van der Waals surface area contributed by atoms with Gasteiger partial charge >= 0.3 is 11.7 Å². The highest BCUT2D eigenvalue weighted by Gasteiger charge is 2.09. The quantitative estimate of drug-likeness (QED) is 0.592. The lowest BCUT2D eigenvalue weighted by atomic mass is 10.4. The van der Waals surface area contributed by atoms with Gasteiger partial charge in [0.15, 0.2) is 6.61 Å². The van der Waals surface area contributed by atoms with Gasteiger partial charge in [0.25, 0.3) is 11.5 Å². The van der Waals surface area contributed by atoms with Gasteiger partial charge in [0.05, 0.1) is 5.75 Å². The second-order valence-electron chi connectivity index (χ2n) is 4.51. The second-order valence-corrected chi connectivity index (χ2v) is 5.50. The lowest BCUT2D eigenvalue weighted by Gasteiger charge is -2.05. The molecule has 24 heavy (non-hydrogen) atoms. The zero-order chi connectivity index (χ0) is 17.4. The predicted molar refractivity (Wildman–Crippen MR) is 87.7 cm³/mol. The third-order valence-corrected chi connectivity index (χ3v) is 3.63. The molecule has 0 unspecified atom stereocenters. The fraction of sp³-hybridized carbons (Fsp3) is 0.214. The van der Waals surface area contributed by atoms with Crippen molar-refractivity contribution in [3.8, 4) is 0 Å². The first kappa shape index (κ1) is 17.5. The standard InChI is InChI=1S/C14H14N4O5S/c19-11(17-10-3-1-2-4-15-10)6-23-12(20)8-24-7-9-5-16-14(22)18-13(9)21/h1-5H,6-8H2,(H,15,17,19)(H2,16,18,21,22). The van der Waals surface area contributed by atoms with Crippen LogP contribution in [0.4, 0.5) is 5.82 Å². The van der Waals surface area contributed by atoms with Crippen molar-refractivity contribution in [1.82, 2.24) is 15.0 Å². The van der Waals surface area contributed by atoms with Gasteiger partial charge in [-0.15, -0.1) is 11.8 Å². The highest BCUT2D eigenvalue weighted by atomic mass is 32.2. The summed E-state index contributed by atoms with van der Waals surface area (Å²) in [6.45, 7) is -0.421. The molecular weight excluding hydrogens is 336 g/mol. The number of ether oxygens (including phenoxy) is 1. The average molecular weight is 350 g/mol. The number of pyridine rings is 1. The maximum Gasteiger partial charge on any atom is 0.325 e. The van der Waals surface area contributed by atoms with Crippen molar-refractivity contribution in [2.45, 2.75) is 5.75 Å². The van der Waals surface area contributed by atoms with E-state index >= 15 is 0 Å². The minimum atomic E-state index is -0.591. The van der Waals surface area contributed by atoms with E-state index < -0.39 is 29.7 Å². The van der Waals surface area contributed by atoms with Crippen molar-refractivity contribution in [1.29, 1.82) is 0 Å². The number of aromatic nitrogens is 3. The van der Waals surface area contributed by atoms with Gasteiger partial charge in [0, 0.05) is 23.7 Å². The lowest BCUT2D eigenvalue weighted by Crippen LogP contribution is -2.24. The number of nitrogens with zero attached hydrogens (tertiary/aromatic N) is 1. The van der Waals surface area contributed by atoms with Crippen LogP contribution in [0.2, 0.25) is 0 Å². The van der Waals surface area contributed by atoms with E-state index in [9.17, 15) is 19.2 Å². The summed E-state index contributed by atoms with van der Waals surface area (Å²) in [5.41, 5.74) is -0.762. The van der Waals surface area contributed by atoms with Crippen LogP contribution in [0.15, 0.2) is 40.2 Å². The molecule has 2 rings (SSSR count). The molecule has 0 aliphatic carbocycles. The van der Waals surface area contributed by atoms with E-state index in [1.54, 1.807) is 18.2 Å². The van der Waals surface area contributed by atoms with Crippen molar-refractivity contribution in [2.24, 2.45) is 0 Å². The van der Waals surface area contributed by atoms with E-state index in [1.807, 2.05) is 0 Å². The highest BCUT2D eigenvalue weighted by Crippen LogP contribution is 2.07. The smallest absolute Gasteiger partial charge is 0.325 e. The Balaban J connectivity index is 1.69. The minimum Gasteiger partial charge on any atom is -0.455 e. The van der Waals surface area contributed by atoms with Crippen LogP contribution < -0.4 is 16.6 Å². The minimum absolute atomic E-state index is 0.0323. The number of aromatic amines is 2. The molecule has 2 aromatic heterocycles.